The molecule has 1 aromatic carbocycles. The smallest absolute Gasteiger partial charge is 0.412 e. The lowest BCUT2D eigenvalue weighted by molar-refractivity contribution is -0.140. The van der Waals surface area contributed by atoms with Crippen LogP contribution in [-0.2, 0) is 21.6 Å². The highest BCUT2D eigenvalue weighted by Gasteiger charge is 2.54. The van der Waals surface area contributed by atoms with Gasteiger partial charge in [-0.1, -0.05) is 29.8 Å². The number of carboxylic acids is 1. The lowest BCUT2D eigenvalue weighted by Crippen LogP contribution is -2.18. The van der Waals surface area contributed by atoms with E-state index in [-0.39, 0.29) is 23.9 Å². The van der Waals surface area contributed by atoms with E-state index in [0.717, 1.165) is 0 Å². The second-order valence-corrected chi connectivity index (χ2v) is 8.98. The number of nitrogens with one attached hydrogen (secondary N) is 1. The first-order valence-electron chi connectivity index (χ1n) is 11.3. The number of anilines is 1. The SMILES string of the molecule is O=C(Nc1c(C#Cc2cc3cc(C4(C(=O)O)CC4)oc3o2)oc2cnccc12)OCc1ccccc1Cl. The first kappa shape index (κ1) is 22.8. The molecule has 1 amide bonds. The van der Waals surface area contributed by atoms with E-state index >= 15 is 0 Å². The number of aromatic nitrogens is 1. The maximum Gasteiger partial charge on any atom is 0.412 e. The zero-order valence-electron chi connectivity index (χ0n) is 19.0. The number of rotatable bonds is 5. The van der Waals surface area contributed by atoms with Crippen LogP contribution in [0.25, 0.3) is 22.1 Å². The van der Waals surface area contributed by atoms with Gasteiger partial charge < -0.3 is 23.1 Å². The van der Waals surface area contributed by atoms with Crippen molar-refractivity contribution >= 4 is 51.5 Å². The number of carbonyl (C=O) groups is 2. The fraction of sp³-hybridized carbons (Fsp3) is 0.148. The van der Waals surface area contributed by atoms with Gasteiger partial charge in [-0.2, -0.15) is 0 Å². The molecule has 0 bridgehead atoms. The molecular formula is C27H17ClN2O7. The minimum absolute atomic E-state index is 0.0134. The number of hydrogen-bond acceptors (Lipinski definition) is 7. The van der Waals surface area contributed by atoms with E-state index in [0.29, 0.717) is 51.2 Å². The van der Waals surface area contributed by atoms with Gasteiger partial charge in [0.15, 0.2) is 11.3 Å². The summed E-state index contributed by atoms with van der Waals surface area (Å²) in [6, 6.07) is 12.1. The van der Waals surface area contributed by atoms with Crippen LogP contribution in [-0.4, -0.2) is 22.2 Å². The van der Waals surface area contributed by atoms with Crippen LogP contribution in [0.5, 0.6) is 0 Å². The lowest BCUT2D eigenvalue weighted by atomic mass is 10.0. The molecule has 0 atom stereocenters. The minimum Gasteiger partial charge on any atom is -0.480 e. The van der Waals surface area contributed by atoms with Gasteiger partial charge in [0.1, 0.15) is 23.5 Å². The molecule has 1 fully saturated rings. The van der Waals surface area contributed by atoms with Gasteiger partial charge in [-0.3, -0.25) is 15.1 Å². The molecule has 0 saturated heterocycles. The number of hydrogen-bond donors (Lipinski definition) is 2. The zero-order chi connectivity index (χ0) is 25.6. The molecule has 0 aliphatic heterocycles. The molecule has 1 aliphatic rings. The number of furan rings is 3. The predicted octanol–water partition coefficient (Wildman–Crippen LogP) is 6.09. The standard InChI is InChI=1S/C27H17ClN2O7/c28-19-4-2-1-3-15(19)14-34-26(33)30-23-18-7-10-29-13-21(18)36-20(23)6-5-17-11-16-12-22(37-24(16)35-17)27(8-9-27)25(31)32/h1-4,7,10-13H,8-9,14H2,(H,30,33)(H,31,32). The summed E-state index contributed by atoms with van der Waals surface area (Å²) >= 11 is 6.13. The number of ether oxygens (including phenoxy) is 1. The predicted molar refractivity (Wildman–Crippen MR) is 132 cm³/mol. The van der Waals surface area contributed by atoms with Crippen molar-refractivity contribution in [2.75, 3.05) is 5.32 Å². The highest BCUT2D eigenvalue weighted by atomic mass is 35.5. The Bertz CT molecular complexity index is 1720. The van der Waals surface area contributed by atoms with Crippen LogP contribution in [0, 0.1) is 11.8 Å². The molecule has 1 saturated carbocycles. The molecule has 9 nitrogen and oxygen atoms in total. The van der Waals surface area contributed by atoms with Gasteiger partial charge >= 0.3 is 12.1 Å². The number of aliphatic carboxylic acids is 1. The third-order valence-electron chi connectivity index (χ3n) is 6.18. The number of carbonyl (C=O) groups excluding carboxylic acids is 1. The third kappa shape index (κ3) is 4.17. The molecule has 6 rings (SSSR count). The molecule has 0 radical (unpaired) electrons. The van der Waals surface area contributed by atoms with Crippen molar-refractivity contribution in [3.63, 3.8) is 0 Å². The molecule has 37 heavy (non-hydrogen) atoms. The van der Waals surface area contributed by atoms with Crippen LogP contribution >= 0.6 is 11.6 Å². The van der Waals surface area contributed by atoms with Crippen LogP contribution < -0.4 is 5.32 Å². The fourth-order valence-electron chi connectivity index (χ4n) is 4.01. The fourth-order valence-corrected chi connectivity index (χ4v) is 4.20. The van der Waals surface area contributed by atoms with Crippen LogP contribution in [0.3, 0.4) is 0 Å². The lowest BCUT2D eigenvalue weighted by Gasteiger charge is -2.07. The number of amides is 1. The molecule has 0 unspecified atom stereocenters. The molecule has 4 aromatic heterocycles. The Balaban J connectivity index is 1.25. The number of nitrogens with zero attached hydrogens (tertiary/aromatic N) is 1. The molecule has 184 valence electrons. The van der Waals surface area contributed by atoms with Gasteiger partial charge in [0.05, 0.1) is 11.6 Å². The van der Waals surface area contributed by atoms with Gasteiger partial charge in [0.2, 0.25) is 5.76 Å². The normalized spacial score (nSPS) is 13.8. The summed E-state index contributed by atoms with van der Waals surface area (Å²) < 4.78 is 22.4. The molecule has 5 aromatic rings. The highest BCUT2D eigenvalue weighted by Crippen LogP contribution is 2.50. The Morgan fingerprint density at radius 3 is 2.73 bits per heavy atom. The van der Waals surface area contributed by atoms with Gasteiger partial charge in [-0.05, 0) is 42.9 Å². The van der Waals surface area contributed by atoms with Crippen molar-refractivity contribution < 1.29 is 32.7 Å². The van der Waals surface area contributed by atoms with Crippen molar-refractivity contribution in [2.24, 2.45) is 0 Å². The summed E-state index contributed by atoms with van der Waals surface area (Å²) in [6.07, 6.45) is 3.43. The molecule has 2 N–H and O–H groups in total. The molecule has 4 heterocycles. The topological polar surface area (TPSA) is 128 Å². The van der Waals surface area contributed by atoms with E-state index in [4.69, 9.17) is 29.6 Å². The van der Waals surface area contributed by atoms with E-state index in [9.17, 15) is 14.7 Å². The second kappa shape index (κ2) is 8.76. The first-order valence-corrected chi connectivity index (χ1v) is 11.6. The number of halogens is 1. The highest BCUT2D eigenvalue weighted by molar-refractivity contribution is 6.31. The summed E-state index contributed by atoms with van der Waals surface area (Å²) in [7, 11) is 0. The minimum atomic E-state index is -0.962. The maximum absolute atomic E-state index is 12.6. The van der Waals surface area contributed by atoms with E-state index in [1.54, 1.807) is 48.7 Å². The van der Waals surface area contributed by atoms with Crippen molar-refractivity contribution in [1.29, 1.82) is 0 Å². The Labute approximate surface area is 214 Å². The van der Waals surface area contributed by atoms with E-state index in [1.807, 2.05) is 0 Å². The van der Waals surface area contributed by atoms with Crippen molar-refractivity contribution in [3.05, 3.63) is 82.7 Å². The molecule has 1 aliphatic carbocycles. The second-order valence-electron chi connectivity index (χ2n) is 8.57. The largest absolute Gasteiger partial charge is 0.480 e. The molecular weight excluding hydrogens is 500 g/mol. The van der Waals surface area contributed by atoms with Gasteiger partial charge in [0, 0.05) is 28.2 Å². The van der Waals surface area contributed by atoms with E-state index in [2.05, 4.69) is 22.1 Å². The Morgan fingerprint density at radius 2 is 1.97 bits per heavy atom. The summed E-state index contributed by atoms with van der Waals surface area (Å²) in [5.74, 6) is 5.85. The van der Waals surface area contributed by atoms with E-state index in [1.165, 1.54) is 6.20 Å². The van der Waals surface area contributed by atoms with Crippen molar-refractivity contribution in [2.45, 2.75) is 24.9 Å². The summed E-state index contributed by atoms with van der Waals surface area (Å²) in [5, 5.41) is 13.9. The van der Waals surface area contributed by atoms with Gasteiger partial charge in [0.25, 0.3) is 5.78 Å². The number of pyridine rings is 1. The van der Waals surface area contributed by atoms with Crippen molar-refractivity contribution in [1.82, 2.24) is 4.98 Å². The van der Waals surface area contributed by atoms with E-state index < -0.39 is 17.5 Å². The average Bonchev–Trinajstić information content (AvgIpc) is 3.32. The number of benzene rings is 1. The number of fused-ring (bicyclic) bond motifs is 2. The zero-order valence-corrected chi connectivity index (χ0v) is 19.8. The third-order valence-corrected chi connectivity index (χ3v) is 6.55. The Hall–Kier alpha value is -4.68. The first-order chi connectivity index (χ1) is 17.9. The molecule has 0 spiro atoms. The Kier molecular flexibility index (Phi) is 5.39. The monoisotopic (exact) mass is 516 g/mol. The van der Waals surface area contributed by atoms with Gasteiger partial charge in [-0.25, -0.2) is 4.79 Å². The Morgan fingerprint density at radius 1 is 1.14 bits per heavy atom. The van der Waals surface area contributed by atoms with Crippen LogP contribution in [0.15, 0.2) is 68.1 Å². The van der Waals surface area contributed by atoms with Gasteiger partial charge in [-0.15, -0.1) is 0 Å². The molecule has 10 heteroatoms. The summed E-state index contributed by atoms with van der Waals surface area (Å²) in [5.41, 5.74) is 0.455. The van der Waals surface area contributed by atoms with Crippen molar-refractivity contribution in [3.8, 4) is 11.8 Å². The number of carboxylic acid groups (broad SMARTS) is 1. The summed E-state index contributed by atoms with van der Waals surface area (Å²) in [6.45, 7) is -0.0134. The quantitative estimate of drug-likeness (QED) is 0.269. The van der Waals surface area contributed by atoms with Crippen LogP contribution in [0.2, 0.25) is 5.02 Å². The summed E-state index contributed by atoms with van der Waals surface area (Å²) in [4.78, 5) is 28.2. The maximum atomic E-state index is 12.6. The van der Waals surface area contributed by atoms with Crippen LogP contribution in [0.4, 0.5) is 10.5 Å². The van der Waals surface area contributed by atoms with Crippen LogP contribution in [0.1, 0.15) is 35.7 Å². The average molecular weight is 517 g/mol.